The minimum absolute atomic E-state index is 0.0655. The molecule has 2 N–H and O–H groups in total. The number of β-amino-alcohol motifs (C(OH)–C–C–N with tert-alkyl or cyclic N) is 1. The van der Waals surface area contributed by atoms with E-state index in [1.807, 2.05) is 26.0 Å². The van der Waals surface area contributed by atoms with Gasteiger partial charge in [-0.2, -0.15) is 4.37 Å². The molecule has 0 radical (unpaired) electrons. The van der Waals surface area contributed by atoms with Crippen LogP contribution >= 0.6 is 11.5 Å². The van der Waals surface area contributed by atoms with E-state index in [0.717, 1.165) is 40.5 Å². The summed E-state index contributed by atoms with van der Waals surface area (Å²) in [5.74, 6) is 0.590. The maximum Gasteiger partial charge on any atom is 0.338 e. The van der Waals surface area contributed by atoms with Gasteiger partial charge in [-0.05, 0) is 60.5 Å². The zero-order chi connectivity index (χ0) is 20.3. The van der Waals surface area contributed by atoms with Gasteiger partial charge in [-0.25, -0.2) is 4.79 Å². The molecular weight excluding hydrogens is 390 g/mol. The minimum atomic E-state index is -0.624. The summed E-state index contributed by atoms with van der Waals surface area (Å²) in [6, 6.07) is 5.47. The van der Waals surface area contributed by atoms with Crippen molar-refractivity contribution in [2.24, 2.45) is 17.8 Å². The number of nitrogens with one attached hydrogen (secondary N) is 1. The predicted molar refractivity (Wildman–Crippen MR) is 108 cm³/mol. The van der Waals surface area contributed by atoms with Crippen molar-refractivity contribution < 1.29 is 19.4 Å². The number of aryl methyl sites for hydroxylation is 1. The number of aliphatic hydroxyl groups excluding tert-OH is 1. The fraction of sp³-hybridized carbons (Fsp3) is 0.476. The number of esters is 1. The SMILES string of the molecule is Cc1cc(NC(=O)C2C3CN(CC(O)c4ccc5c(c4C)COC5=O)CC32)sn1. The number of amides is 1. The van der Waals surface area contributed by atoms with Gasteiger partial charge in [0.25, 0.3) is 0 Å². The van der Waals surface area contributed by atoms with Gasteiger partial charge >= 0.3 is 5.97 Å². The lowest BCUT2D eigenvalue weighted by atomic mass is 9.95. The van der Waals surface area contributed by atoms with Crippen molar-refractivity contribution in [2.45, 2.75) is 26.6 Å². The first-order valence-corrected chi connectivity index (χ1v) is 10.6. The molecule has 3 atom stereocenters. The summed E-state index contributed by atoms with van der Waals surface area (Å²) in [5.41, 5.74) is 4.18. The number of hydrogen-bond donors (Lipinski definition) is 2. The van der Waals surface area contributed by atoms with Crippen molar-refractivity contribution in [1.82, 2.24) is 9.27 Å². The van der Waals surface area contributed by atoms with Crippen molar-refractivity contribution in [1.29, 1.82) is 0 Å². The van der Waals surface area contributed by atoms with Crippen LogP contribution in [0, 0.1) is 31.6 Å². The highest BCUT2D eigenvalue weighted by Crippen LogP contribution is 2.52. The molecule has 152 valence electrons. The van der Waals surface area contributed by atoms with Gasteiger partial charge in [0, 0.05) is 31.1 Å². The van der Waals surface area contributed by atoms with Crippen LogP contribution in [0.3, 0.4) is 0 Å². The second kappa shape index (κ2) is 6.90. The molecule has 1 amide bonds. The standard InChI is InChI=1S/C21H23N3O4S/c1-10-5-18(29-23-10)22-20(26)19-14-6-24(7-15(14)19)8-17(25)12-3-4-13-16(11(12)2)9-28-21(13)27/h3-5,14-15,17,19,25H,6-9H2,1-2H3,(H,22,26). The van der Waals surface area contributed by atoms with Gasteiger partial charge in [0.1, 0.15) is 11.6 Å². The van der Waals surface area contributed by atoms with E-state index in [0.29, 0.717) is 23.9 Å². The number of piperidine rings is 1. The molecule has 3 unspecified atom stereocenters. The lowest BCUT2D eigenvalue weighted by Crippen LogP contribution is -2.31. The number of fused-ring (bicyclic) bond motifs is 2. The van der Waals surface area contributed by atoms with E-state index in [2.05, 4.69) is 14.6 Å². The summed E-state index contributed by atoms with van der Waals surface area (Å²) in [5, 5.41) is 14.6. The third-order valence-corrected chi connectivity index (χ3v) is 7.24. The Balaban J connectivity index is 1.17. The van der Waals surface area contributed by atoms with Crippen molar-refractivity contribution in [3.63, 3.8) is 0 Å². The van der Waals surface area contributed by atoms with Crippen LogP contribution in [-0.2, 0) is 16.1 Å². The smallest absolute Gasteiger partial charge is 0.338 e. The Morgan fingerprint density at radius 1 is 1.38 bits per heavy atom. The zero-order valence-corrected chi connectivity index (χ0v) is 17.2. The number of nitrogens with zero attached hydrogens (tertiary/aromatic N) is 2. The highest BCUT2D eigenvalue weighted by Gasteiger charge is 2.59. The number of ether oxygens (including phenoxy) is 1. The Kier molecular flexibility index (Phi) is 4.45. The second-order valence-electron chi connectivity index (χ2n) is 8.29. The Morgan fingerprint density at radius 2 is 2.14 bits per heavy atom. The molecule has 2 fully saturated rings. The van der Waals surface area contributed by atoms with Crippen LogP contribution in [0.25, 0.3) is 0 Å². The highest BCUT2D eigenvalue weighted by molar-refractivity contribution is 7.10. The third kappa shape index (κ3) is 3.25. The maximum absolute atomic E-state index is 12.5. The quantitative estimate of drug-likeness (QED) is 0.731. The van der Waals surface area contributed by atoms with Gasteiger partial charge in [0.2, 0.25) is 5.91 Å². The summed E-state index contributed by atoms with van der Waals surface area (Å²) in [6.45, 7) is 6.31. The van der Waals surface area contributed by atoms with Crippen LogP contribution in [0.1, 0.15) is 38.8 Å². The first-order chi connectivity index (χ1) is 13.9. The van der Waals surface area contributed by atoms with Gasteiger partial charge in [-0.1, -0.05) is 6.07 Å². The van der Waals surface area contributed by atoms with Gasteiger partial charge in [0.15, 0.2) is 0 Å². The molecule has 3 heterocycles. The molecule has 1 saturated carbocycles. The van der Waals surface area contributed by atoms with Gasteiger partial charge in [-0.3, -0.25) is 9.69 Å². The number of rotatable bonds is 5. The number of benzene rings is 1. The van der Waals surface area contributed by atoms with Gasteiger partial charge in [0.05, 0.1) is 17.4 Å². The summed E-state index contributed by atoms with van der Waals surface area (Å²) in [7, 11) is 0. The fourth-order valence-corrected chi connectivity index (χ4v) is 5.52. The van der Waals surface area contributed by atoms with E-state index >= 15 is 0 Å². The Labute approximate surface area is 172 Å². The van der Waals surface area contributed by atoms with Crippen LogP contribution in [0.5, 0.6) is 0 Å². The number of carbonyl (C=O) groups is 2. The van der Waals surface area contributed by atoms with Crippen molar-refractivity contribution >= 4 is 28.4 Å². The molecule has 0 bridgehead atoms. The molecule has 7 nitrogen and oxygen atoms in total. The van der Waals surface area contributed by atoms with Crippen molar-refractivity contribution in [2.75, 3.05) is 25.0 Å². The van der Waals surface area contributed by atoms with Crippen LogP contribution in [-0.4, -0.2) is 45.9 Å². The Bertz CT molecular complexity index is 992. The molecule has 5 rings (SSSR count). The Morgan fingerprint density at radius 3 is 2.83 bits per heavy atom. The molecule has 29 heavy (non-hydrogen) atoms. The first kappa shape index (κ1) is 18.7. The molecule has 1 saturated heterocycles. The average molecular weight is 413 g/mol. The third-order valence-electron chi connectivity index (χ3n) is 6.44. The van der Waals surface area contributed by atoms with E-state index < -0.39 is 6.10 Å². The molecule has 1 aromatic carbocycles. The normalized spacial score (nSPS) is 26.0. The van der Waals surface area contributed by atoms with E-state index in [4.69, 9.17) is 4.74 Å². The topological polar surface area (TPSA) is 91.8 Å². The van der Waals surface area contributed by atoms with Crippen molar-refractivity contribution in [3.8, 4) is 0 Å². The highest BCUT2D eigenvalue weighted by atomic mass is 32.1. The van der Waals surface area contributed by atoms with Crippen LogP contribution in [0.2, 0.25) is 0 Å². The number of carbonyl (C=O) groups excluding carboxylic acids is 2. The zero-order valence-electron chi connectivity index (χ0n) is 16.3. The summed E-state index contributed by atoms with van der Waals surface area (Å²) in [4.78, 5) is 26.4. The summed E-state index contributed by atoms with van der Waals surface area (Å²) < 4.78 is 9.29. The number of likely N-dealkylation sites (tertiary alicyclic amines) is 1. The number of aliphatic hydroxyl groups is 1. The van der Waals surface area contributed by atoms with Gasteiger partial charge in [-0.15, -0.1) is 0 Å². The molecule has 2 aliphatic heterocycles. The maximum atomic E-state index is 12.5. The molecule has 3 aliphatic rings. The molecule has 8 heteroatoms. The molecular formula is C21H23N3O4S. The van der Waals surface area contributed by atoms with Crippen LogP contribution in [0.4, 0.5) is 5.00 Å². The number of hydrogen-bond acceptors (Lipinski definition) is 7. The molecule has 0 spiro atoms. The predicted octanol–water partition coefficient (Wildman–Crippen LogP) is 2.28. The van der Waals surface area contributed by atoms with Crippen molar-refractivity contribution in [3.05, 3.63) is 46.1 Å². The van der Waals surface area contributed by atoms with Crippen LogP contribution < -0.4 is 5.32 Å². The number of anilines is 1. The number of aromatic nitrogens is 1. The first-order valence-electron chi connectivity index (χ1n) is 9.86. The van der Waals surface area contributed by atoms with Gasteiger partial charge < -0.3 is 15.2 Å². The molecule has 1 aliphatic carbocycles. The summed E-state index contributed by atoms with van der Waals surface area (Å²) in [6.07, 6.45) is -0.624. The van der Waals surface area contributed by atoms with E-state index in [1.165, 1.54) is 11.5 Å². The average Bonchev–Trinajstić information content (AvgIpc) is 3.01. The molecule has 2 aromatic rings. The largest absolute Gasteiger partial charge is 0.457 e. The lowest BCUT2D eigenvalue weighted by molar-refractivity contribution is -0.118. The summed E-state index contributed by atoms with van der Waals surface area (Å²) >= 11 is 1.31. The van der Waals surface area contributed by atoms with E-state index in [-0.39, 0.29) is 24.4 Å². The van der Waals surface area contributed by atoms with E-state index in [9.17, 15) is 14.7 Å². The number of cyclic esters (lactones) is 1. The monoisotopic (exact) mass is 413 g/mol. The van der Waals surface area contributed by atoms with E-state index in [1.54, 1.807) is 6.07 Å². The van der Waals surface area contributed by atoms with Crippen LogP contribution in [0.15, 0.2) is 18.2 Å². The second-order valence-corrected chi connectivity index (χ2v) is 9.10. The fourth-order valence-electron chi connectivity index (χ4n) is 4.85. The lowest BCUT2D eigenvalue weighted by Gasteiger charge is -2.24. The minimum Gasteiger partial charge on any atom is -0.457 e. The Hall–Kier alpha value is -2.29. The molecule has 1 aromatic heterocycles.